The second kappa shape index (κ2) is 8.61. The van der Waals surface area contributed by atoms with Crippen molar-refractivity contribution in [3.8, 4) is 11.5 Å². The molecule has 1 saturated heterocycles. The first kappa shape index (κ1) is 19.4. The summed E-state index contributed by atoms with van der Waals surface area (Å²) in [5, 5.41) is 2.86. The Labute approximate surface area is 174 Å². The number of rotatable bonds is 6. The number of carbonyl (C=O) groups is 3. The maximum Gasteiger partial charge on any atom is 0.251 e. The molecule has 0 bridgehead atoms. The topological polar surface area (TPSA) is 75.7 Å². The highest BCUT2D eigenvalue weighted by Gasteiger charge is 2.30. The van der Waals surface area contributed by atoms with Gasteiger partial charge in [0.05, 0.1) is 5.69 Å². The lowest BCUT2D eigenvalue weighted by molar-refractivity contribution is -0.121. The maximum atomic E-state index is 12.6. The van der Waals surface area contributed by atoms with Gasteiger partial charge in [0, 0.05) is 24.9 Å². The molecule has 6 nitrogen and oxygen atoms in total. The Kier molecular flexibility index (Phi) is 5.57. The Morgan fingerprint density at radius 2 is 1.53 bits per heavy atom. The zero-order valence-electron chi connectivity index (χ0n) is 16.2. The van der Waals surface area contributed by atoms with Crippen molar-refractivity contribution >= 4 is 23.4 Å². The van der Waals surface area contributed by atoms with Gasteiger partial charge in [0.25, 0.3) is 5.91 Å². The molecule has 0 spiro atoms. The van der Waals surface area contributed by atoms with Gasteiger partial charge in [-0.05, 0) is 48.0 Å². The number of anilines is 1. The molecule has 0 aromatic heterocycles. The van der Waals surface area contributed by atoms with E-state index in [0.29, 0.717) is 23.5 Å². The summed E-state index contributed by atoms with van der Waals surface area (Å²) in [6.45, 7) is 0.316. The van der Waals surface area contributed by atoms with Crippen molar-refractivity contribution in [1.29, 1.82) is 0 Å². The first-order valence-corrected chi connectivity index (χ1v) is 9.66. The number of imide groups is 1. The van der Waals surface area contributed by atoms with Crippen molar-refractivity contribution in [3.05, 3.63) is 90.0 Å². The Morgan fingerprint density at radius 3 is 2.30 bits per heavy atom. The first-order valence-electron chi connectivity index (χ1n) is 9.66. The van der Waals surface area contributed by atoms with Crippen molar-refractivity contribution in [1.82, 2.24) is 5.32 Å². The van der Waals surface area contributed by atoms with E-state index in [2.05, 4.69) is 5.32 Å². The molecule has 0 radical (unpaired) electrons. The summed E-state index contributed by atoms with van der Waals surface area (Å²) in [7, 11) is 0. The highest BCUT2D eigenvalue weighted by molar-refractivity contribution is 6.20. The van der Waals surface area contributed by atoms with Gasteiger partial charge >= 0.3 is 0 Å². The van der Waals surface area contributed by atoms with Gasteiger partial charge in [0.15, 0.2) is 0 Å². The van der Waals surface area contributed by atoms with Crippen LogP contribution in [0.5, 0.6) is 11.5 Å². The second-order valence-corrected chi connectivity index (χ2v) is 6.92. The van der Waals surface area contributed by atoms with Gasteiger partial charge in [-0.3, -0.25) is 19.3 Å². The van der Waals surface area contributed by atoms with Crippen molar-refractivity contribution in [2.45, 2.75) is 19.4 Å². The van der Waals surface area contributed by atoms with E-state index < -0.39 is 0 Å². The Balaban J connectivity index is 1.42. The zero-order valence-corrected chi connectivity index (χ0v) is 16.2. The zero-order chi connectivity index (χ0) is 20.9. The summed E-state index contributed by atoms with van der Waals surface area (Å²) in [4.78, 5) is 37.6. The van der Waals surface area contributed by atoms with Crippen molar-refractivity contribution < 1.29 is 19.1 Å². The van der Waals surface area contributed by atoms with E-state index in [-0.39, 0.29) is 30.6 Å². The lowest BCUT2D eigenvalue weighted by Gasteiger charge is -2.15. The van der Waals surface area contributed by atoms with Gasteiger partial charge in [-0.15, -0.1) is 0 Å². The number of para-hydroxylation sites is 1. The van der Waals surface area contributed by atoms with E-state index in [9.17, 15) is 14.4 Å². The highest BCUT2D eigenvalue weighted by atomic mass is 16.5. The van der Waals surface area contributed by atoms with Crippen molar-refractivity contribution in [3.63, 3.8) is 0 Å². The van der Waals surface area contributed by atoms with Gasteiger partial charge in [-0.2, -0.15) is 0 Å². The van der Waals surface area contributed by atoms with E-state index in [1.165, 1.54) is 0 Å². The Bertz CT molecular complexity index is 1080. The molecular weight excluding hydrogens is 380 g/mol. The quantitative estimate of drug-likeness (QED) is 0.633. The van der Waals surface area contributed by atoms with Gasteiger partial charge in [0.2, 0.25) is 11.8 Å². The minimum atomic E-state index is -0.287. The molecule has 0 aliphatic carbocycles. The van der Waals surface area contributed by atoms with Crippen LogP contribution in [0.1, 0.15) is 28.8 Å². The third kappa shape index (κ3) is 4.38. The van der Waals surface area contributed by atoms with Crippen LogP contribution >= 0.6 is 0 Å². The number of nitrogens with one attached hydrogen (secondary N) is 1. The molecular formula is C24H20N2O4. The minimum Gasteiger partial charge on any atom is -0.457 e. The molecule has 4 rings (SSSR count). The fourth-order valence-electron chi connectivity index (χ4n) is 3.28. The number of hydrogen-bond donors (Lipinski definition) is 1. The summed E-state index contributed by atoms with van der Waals surface area (Å²) in [5.74, 6) is 0.647. The Morgan fingerprint density at radius 1 is 0.833 bits per heavy atom. The molecule has 1 N–H and O–H groups in total. The molecule has 0 unspecified atom stereocenters. The standard InChI is InChI=1S/C24H20N2O4/c27-22-12-13-23(28)26(22)19-8-5-7-18(15-19)24(29)25-16-17-6-4-11-21(14-17)30-20-9-2-1-3-10-20/h1-11,14-15H,12-13,16H2,(H,25,29). The molecule has 1 heterocycles. The van der Waals surface area contributed by atoms with Crippen LogP contribution < -0.4 is 15.0 Å². The molecule has 150 valence electrons. The van der Waals surface area contributed by atoms with E-state index in [1.54, 1.807) is 24.3 Å². The van der Waals surface area contributed by atoms with Crippen molar-refractivity contribution in [2.75, 3.05) is 4.90 Å². The van der Waals surface area contributed by atoms with Gasteiger partial charge in [-0.1, -0.05) is 36.4 Å². The molecule has 1 aliphatic heterocycles. The van der Waals surface area contributed by atoms with Crippen LogP contribution in [0, 0.1) is 0 Å². The maximum absolute atomic E-state index is 12.6. The Hall–Kier alpha value is -3.93. The van der Waals surface area contributed by atoms with Crippen LogP contribution in [-0.4, -0.2) is 17.7 Å². The van der Waals surface area contributed by atoms with Crippen LogP contribution in [-0.2, 0) is 16.1 Å². The lowest BCUT2D eigenvalue weighted by Crippen LogP contribution is -2.29. The van der Waals surface area contributed by atoms with Gasteiger partial charge in [0.1, 0.15) is 11.5 Å². The number of benzene rings is 3. The van der Waals surface area contributed by atoms with E-state index in [1.807, 2.05) is 54.6 Å². The molecule has 3 aromatic rings. The minimum absolute atomic E-state index is 0.205. The number of carbonyl (C=O) groups excluding carboxylic acids is 3. The predicted molar refractivity (Wildman–Crippen MR) is 112 cm³/mol. The summed E-state index contributed by atoms with van der Waals surface area (Å²) in [6.07, 6.45) is 0.410. The summed E-state index contributed by atoms with van der Waals surface area (Å²) in [5.41, 5.74) is 1.70. The number of nitrogens with zero attached hydrogens (tertiary/aromatic N) is 1. The monoisotopic (exact) mass is 400 g/mol. The number of amides is 3. The SMILES string of the molecule is O=C(NCc1cccc(Oc2ccccc2)c1)c1cccc(N2C(=O)CCC2=O)c1. The van der Waals surface area contributed by atoms with Crippen LogP contribution in [0.2, 0.25) is 0 Å². The third-order valence-corrected chi connectivity index (χ3v) is 4.75. The van der Waals surface area contributed by atoms with Gasteiger partial charge < -0.3 is 10.1 Å². The summed E-state index contributed by atoms with van der Waals surface area (Å²) >= 11 is 0. The normalized spacial score (nSPS) is 13.4. The number of hydrogen-bond acceptors (Lipinski definition) is 4. The summed E-state index contributed by atoms with van der Waals surface area (Å²) in [6, 6.07) is 23.5. The second-order valence-electron chi connectivity index (χ2n) is 6.92. The average Bonchev–Trinajstić information content (AvgIpc) is 3.11. The van der Waals surface area contributed by atoms with Crippen LogP contribution in [0.4, 0.5) is 5.69 Å². The average molecular weight is 400 g/mol. The molecule has 0 atom stereocenters. The first-order chi connectivity index (χ1) is 14.6. The van der Waals surface area contributed by atoms with Crippen LogP contribution in [0.15, 0.2) is 78.9 Å². The number of ether oxygens (including phenoxy) is 1. The molecule has 0 saturated carbocycles. The fourth-order valence-corrected chi connectivity index (χ4v) is 3.28. The fraction of sp³-hybridized carbons (Fsp3) is 0.125. The van der Waals surface area contributed by atoms with E-state index in [0.717, 1.165) is 16.2 Å². The van der Waals surface area contributed by atoms with E-state index >= 15 is 0 Å². The largest absolute Gasteiger partial charge is 0.457 e. The lowest BCUT2D eigenvalue weighted by atomic mass is 10.1. The van der Waals surface area contributed by atoms with Gasteiger partial charge in [-0.25, -0.2) is 0 Å². The molecule has 3 amide bonds. The molecule has 1 fully saturated rings. The smallest absolute Gasteiger partial charge is 0.251 e. The molecule has 1 aliphatic rings. The molecule has 3 aromatic carbocycles. The van der Waals surface area contributed by atoms with E-state index in [4.69, 9.17) is 4.74 Å². The molecule has 30 heavy (non-hydrogen) atoms. The predicted octanol–water partition coefficient (Wildman–Crippen LogP) is 4.06. The van der Waals surface area contributed by atoms with Crippen LogP contribution in [0.25, 0.3) is 0 Å². The highest BCUT2D eigenvalue weighted by Crippen LogP contribution is 2.24. The summed E-state index contributed by atoms with van der Waals surface area (Å²) < 4.78 is 5.82. The van der Waals surface area contributed by atoms with Crippen molar-refractivity contribution in [2.24, 2.45) is 0 Å². The van der Waals surface area contributed by atoms with Crippen LogP contribution in [0.3, 0.4) is 0 Å². The molecule has 6 heteroatoms. The third-order valence-electron chi connectivity index (χ3n) is 4.75.